The molecule has 2 aromatic rings. The highest BCUT2D eigenvalue weighted by atomic mass is 19.1. The Morgan fingerprint density at radius 3 is 2.31 bits per heavy atom. The van der Waals surface area contributed by atoms with E-state index in [0.29, 0.717) is 11.3 Å². The second-order valence-electron chi connectivity index (χ2n) is 7.73. The van der Waals surface area contributed by atoms with Gasteiger partial charge in [0.05, 0.1) is 18.2 Å². The van der Waals surface area contributed by atoms with Crippen LogP contribution in [0.5, 0.6) is 0 Å². The fourth-order valence-electron chi connectivity index (χ4n) is 3.60. The topological polar surface area (TPSA) is 46.6 Å². The summed E-state index contributed by atoms with van der Waals surface area (Å²) in [5.74, 6) is -1.15. The van der Waals surface area contributed by atoms with Gasteiger partial charge in [-0.15, -0.1) is 0 Å². The Kier molecular flexibility index (Phi) is 6.16. The van der Waals surface area contributed by atoms with Gasteiger partial charge in [-0.25, -0.2) is 9.18 Å². The Morgan fingerprint density at radius 1 is 1.10 bits per heavy atom. The second kappa shape index (κ2) is 8.60. The first-order chi connectivity index (χ1) is 13.8. The molecular weight excluding hydrogens is 369 g/mol. The van der Waals surface area contributed by atoms with Crippen molar-refractivity contribution in [1.29, 1.82) is 0 Å². The third-order valence-corrected chi connectivity index (χ3v) is 5.12. The summed E-state index contributed by atoms with van der Waals surface area (Å²) >= 11 is 0. The van der Waals surface area contributed by atoms with Crippen LogP contribution < -0.4 is 0 Å². The van der Waals surface area contributed by atoms with E-state index in [1.807, 2.05) is 31.2 Å². The van der Waals surface area contributed by atoms with Gasteiger partial charge < -0.3 is 9.64 Å². The van der Waals surface area contributed by atoms with Gasteiger partial charge in [-0.05, 0) is 51.0 Å². The Hall–Kier alpha value is -2.95. The highest BCUT2D eigenvalue weighted by Crippen LogP contribution is 2.38. The molecule has 2 aromatic carbocycles. The molecule has 29 heavy (non-hydrogen) atoms. The normalized spacial score (nSPS) is 17.1. The van der Waals surface area contributed by atoms with Gasteiger partial charge in [0.15, 0.2) is 0 Å². The molecule has 1 heterocycles. The minimum atomic E-state index is -0.403. The molecule has 0 saturated carbocycles. The summed E-state index contributed by atoms with van der Waals surface area (Å²) < 4.78 is 18.7. The molecule has 0 fully saturated rings. The average Bonchev–Trinajstić information content (AvgIpc) is 2.66. The lowest BCUT2D eigenvalue weighted by molar-refractivity contribution is -0.143. The summed E-state index contributed by atoms with van der Waals surface area (Å²) in [5, 5.41) is 0. The Balaban J connectivity index is 2.01. The van der Waals surface area contributed by atoms with Crippen molar-refractivity contribution in [3.05, 3.63) is 82.3 Å². The predicted molar refractivity (Wildman–Crippen MR) is 109 cm³/mol. The fourth-order valence-corrected chi connectivity index (χ4v) is 3.60. The van der Waals surface area contributed by atoms with Crippen LogP contribution in [0.25, 0.3) is 0 Å². The molecule has 0 radical (unpaired) electrons. The highest BCUT2D eigenvalue weighted by Gasteiger charge is 2.37. The number of carbonyl (C=O) groups is 2. The summed E-state index contributed by atoms with van der Waals surface area (Å²) in [5.41, 5.74) is 3.91. The number of ether oxygens (including phenoxy) is 1. The lowest BCUT2D eigenvalue weighted by Gasteiger charge is -2.35. The van der Waals surface area contributed by atoms with Crippen LogP contribution in [-0.2, 0) is 20.9 Å². The molecule has 0 spiro atoms. The van der Waals surface area contributed by atoms with Gasteiger partial charge in [0.1, 0.15) is 5.82 Å². The lowest BCUT2D eigenvalue weighted by atomic mass is 9.83. The first-order valence-corrected chi connectivity index (χ1v) is 9.79. The quantitative estimate of drug-likeness (QED) is 0.678. The number of hydrogen-bond donors (Lipinski definition) is 0. The smallest absolute Gasteiger partial charge is 0.336 e. The first kappa shape index (κ1) is 20.8. The maximum absolute atomic E-state index is 13.2. The maximum Gasteiger partial charge on any atom is 0.336 e. The molecule has 0 bridgehead atoms. The number of nitrogens with zero attached hydrogens (tertiary/aromatic N) is 1. The zero-order chi connectivity index (χ0) is 21.1. The van der Waals surface area contributed by atoms with Gasteiger partial charge in [0.25, 0.3) is 0 Å². The third-order valence-electron chi connectivity index (χ3n) is 5.12. The minimum absolute atomic E-state index is 0.0708. The van der Waals surface area contributed by atoms with E-state index in [4.69, 9.17) is 4.74 Å². The number of rotatable bonds is 5. The summed E-state index contributed by atoms with van der Waals surface area (Å²) in [6.45, 7) is 7.66. The zero-order valence-electron chi connectivity index (χ0n) is 17.2. The van der Waals surface area contributed by atoms with Crippen LogP contribution in [0.1, 0.15) is 49.8 Å². The summed E-state index contributed by atoms with van der Waals surface area (Å²) in [4.78, 5) is 27.5. The zero-order valence-corrected chi connectivity index (χ0v) is 17.2. The predicted octanol–water partition coefficient (Wildman–Crippen LogP) is 4.88. The Morgan fingerprint density at radius 2 is 1.72 bits per heavy atom. The molecular formula is C24H26FNO3. The van der Waals surface area contributed by atoms with Crippen molar-refractivity contribution >= 4 is 11.9 Å². The molecule has 5 heteroatoms. The van der Waals surface area contributed by atoms with Crippen LogP contribution in [0.3, 0.4) is 0 Å². The molecule has 1 amide bonds. The largest absolute Gasteiger partial charge is 0.460 e. The van der Waals surface area contributed by atoms with Crippen molar-refractivity contribution in [1.82, 2.24) is 4.90 Å². The molecule has 0 saturated heterocycles. The van der Waals surface area contributed by atoms with Crippen LogP contribution in [0, 0.1) is 12.7 Å². The second-order valence-corrected chi connectivity index (χ2v) is 7.73. The SMILES string of the molecule is CC1=C(C(=O)OC(C)C)[C@@H](c2ccc(C)cc2)CC(=O)N1Cc1ccc(F)cc1. The summed E-state index contributed by atoms with van der Waals surface area (Å²) in [6.07, 6.45) is -0.0749. The van der Waals surface area contributed by atoms with E-state index in [-0.39, 0.29) is 36.7 Å². The van der Waals surface area contributed by atoms with E-state index < -0.39 is 5.97 Å². The van der Waals surface area contributed by atoms with Crippen molar-refractivity contribution in [2.45, 2.75) is 52.7 Å². The number of benzene rings is 2. The van der Waals surface area contributed by atoms with Crippen LogP contribution >= 0.6 is 0 Å². The number of aryl methyl sites for hydroxylation is 1. The van der Waals surface area contributed by atoms with Crippen molar-refractivity contribution < 1.29 is 18.7 Å². The van der Waals surface area contributed by atoms with Gasteiger partial charge in [-0.1, -0.05) is 42.0 Å². The number of carbonyl (C=O) groups excluding carboxylic acids is 2. The lowest BCUT2D eigenvalue weighted by Crippen LogP contribution is -2.38. The Bertz CT molecular complexity index is 930. The molecule has 1 atom stereocenters. The number of hydrogen-bond acceptors (Lipinski definition) is 3. The maximum atomic E-state index is 13.2. The number of halogens is 1. The van der Waals surface area contributed by atoms with Gasteiger partial charge in [-0.3, -0.25) is 4.79 Å². The van der Waals surface area contributed by atoms with E-state index in [1.165, 1.54) is 12.1 Å². The first-order valence-electron chi connectivity index (χ1n) is 9.79. The minimum Gasteiger partial charge on any atom is -0.460 e. The summed E-state index contributed by atoms with van der Waals surface area (Å²) in [7, 11) is 0. The number of allylic oxidation sites excluding steroid dienone is 1. The molecule has 0 aliphatic carbocycles. The van der Waals surface area contributed by atoms with E-state index in [9.17, 15) is 14.0 Å². The third kappa shape index (κ3) is 4.73. The molecule has 0 aromatic heterocycles. The monoisotopic (exact) mass is 395 g/mol. The molecule has 0 N–H and O–H groups in total. The molecule has 152 valence electrons. The molecule has 0 unspecified atom stereocenters. The standard InChI is InChI=1S/C24H26FNO3/c1-15(2)29-24(28)23-17(4)26(14-18-7-11-20(25)12-8-18)22(27)13-21(23)19-9-5-16(3)6-10-19/h5-12,15,21H,13-14H2,1-4H3/t21-/m1/s1. The van der Waals surface area contributed by atoms with Crippen LogP contribution in [-0.4, -0.2) is 22.9 Å². The van der Waals surface area contributed by atoms with E-state index in [1.54, 1.807) is 37.8 Å². The van der Waals surface area contributed by atoms with E-state index in [2.05, 4.69) is 0 Å². The van der Waals surface area contributed by atoms with Crippen molar-refractivity contribution in [3.63, 3.8) is 0 Å². The van der Waals surface area contributed by atoms with Crippen molar-refractivity contribution in [3.8, 4) is 0 Å². The fraction of sp³-hybridized carbons (Fsp3) is 0.333. The van der Waals surface area contributed by atoms with Gasteiger partial charge in [0.2, 0.25) is 5.91 Å². The van der Waals surface area contributed by atoms with Gasteiger partial charge >= 0.3 is 5.97 Å². The van der Waals surface area contributed by atoms with Gasteiger partial charge in [-0.2, -0.15) is 0 Å². The molecule has 3 rings (SSSR count). The Labute approximate surface area is 171 Å². The molecule has 1 aliphatic heterocycles. The van der Waals surface area contributed by atoms with Crippen LogP contribution in [0.2, 0.25) is 0 Å². The number of amides is 1. The van der Waals surface area contributed by atoms with Crippen LogP contribution in [0.4, 0.5) is 4.39 Å². The van der Waals surface area contributed by atoms with E-state index >= 15 is 0 Å². The van der Waals surface area contributed by atoms with Gasteiger partial charge in [0, 0.05) is 18.0 Å². The average molecular weight is 395 g/mol. The van der Waals surface area contributed by atoms with Crippen LogP contribution in [0.15, 0.2) is 59.8 Å². The number of esters is 1. The van der Waals surface area contributed by atoms with Crippen molar-refractivity contribution in [2.75, 3.05) is 0 Å². The molecule has 1 aliphatic rings. The molecule has 4 nitrogen and oxygen atoms in total. The summed E-state index contributed by atoms with van der Waals surface area (Å²) in [6, 6.07) is 13.9. The highest BCUT2D eigenvalue weighted by molar-refractivity contribution is 5.96. The van der Waals surface area contributed by atoms with Crippen molar-refractivity contribution in [2.24, 2.45) is 0 Å². The van der Waals surface area contributed by atoms with E-state index in [0.717, 1.165) is 16.7 Å².